The molecule has 3 nitrogen and oxygen atoms in total. The van der Waals surface area contributed by atoms with Crippen molar-refractivity contribution >= 4 is 15.3 Å². The Hall–Kier alpha value is 1.28. The van der Waals surface area contributed by atoms with Crippen molar-refractivity contribution in [2.24, 2.45) is 0 Å². The first-order valence-electron chi connectivity index (χ1n) is 0.956. The summed E-state index contributed by atoms with van der Waals surface area (Å²) in [5.74, 6) is 0. The SMILES string of the molecule is CO[As](=O)[O-].[Na+]. The van der Waals surface area contributed by atoms with Gasteiger partial charge in [0.05, 0.1) is 0 Å². The molecule has 0 aromatic rings. The molecule has 0 aromatic heterocycles. The molecule has 0 saturated heterocycles. The van der Waals surface area contributed by atoms with Crippen molar-refractivity contribution in [2.45, 2.75) is 0 Å². The molecule has 0 bridgehead atoms. The maximum atomic E-state index is 9.26. The number of rotatable bonds is 1. The minimum atomic E-state index is -3.20. The number of hydrogen-bond acceptors (Lipinski definition) is 3. The van der Waals surface area contributed by atoms with Crippen LogP contribution in [0.3, 0.4) is 0 Å². The van der Waals surface area contributed by atoms with Crippen molar-refractivity contribution in [2.75, 3.05) is 7.11 Å². The zero-order chi connectivity index (χ0) is 4.28. The molecule has 5 heteroatoms. The van der Waals surface area contributed by atoms with Crippen LogP contribution < -0.4 is 33.7 Å². The van der Waals surface area contributed by atoms with Crippen LogP contribution in [0.25, 0.3) is 0 Å². The maximum absolute atomic E-state index is 9.26. The molecule has 0 N–H and O–H groups in total. The molecule has 1 radical (unpaired) electrons. The molecule has 0 amide bonds. The van der Waals surface area contributed by atoms with Gasteiger partial charge in [0.15, 0.2) is 0 Å². The predicted octanol–water partition coefficient (Wildman–Crippen LogP) is -4.59. The van der Waals surface area contributed by atoms with Crippen molar-refractivity contribution < 1.29 is 41.1 Å². The van der Waals surface area contributed by atoms with Crippen LogP contribution >= 0.6 is 0 Å². The molecule has 0 aliphatic rings. The summed E-state index contributed by atoms with van der Waals surface area (Å²) in [6.07, 6.45) is 0. The Morgan fingerprint density at radius 2 is 2.00 bits per heavy atom. The van der Waals surface area contributed by atoms with Crippen LogP contribution in [0.5, 0.6) is 0 Å². The third kappa shape index (κ3) is 8.99. The molecule has 0 saturated carbocycles. The van der Waals surface area contributed by atoms with Crippen LogP contribution in [0, 0.1) is 0 Å². The van der Waals surface area contributed by atoms with Gasteiger partial charge in [0.25, 0.3) is 0 Å². The van der Waals surface area contributed by atoms with E-state index in [4.69, 9.17) is 0 Å². The van der Waals surface area contributed by atoms with E-state index in [0.29, 0.717) is 0 Å². The predicted molar refractivity (Wildman–Crippen MR) is 13.4 cm³/mol. The molecule has 0 rings (SSSR count). The molecule has 0 aliphatic heterocycles. The molecule has 0 aromatic carbocycles. The Bertz CT molecular complexity index is 46.1. The van der Waals surface area contributed by atoms with Crippen LogP contribution in [-0.2, 0) is 7.47 Å². The Morgan fingerprint density at radius 1 is 1.83 bits per heavy atom. The third-order valence-electron chi connectivity index (χ3n) is 0.149. The zero-order valence-corrected chi connectivity index (χ0v) is 7.55. The second-order valence-electron chi connectivity index (χ2n) is 0.406. The van der Waals surface area contributed by atoms with Crippen molar-refractivity contribution in [3.05, 3.63) is 0 Å². The van der Waals surface area contributed by atoms with Gasteiger partial charge in [-0.3, -0.25) is 0 Å². The number of hydrogen-bond donors (Lipinski definition) is 0. The van der Waals surface area contributed by atoms with Gasteiger partial charge in [-0.15, -0.1) is 0 Å². The van der Waals surface area contributed by atoms with Crippen LogP contribution in [0.15, 0.2) is 0 Å². The summed E-state index contributed by atoms with van der Waals surface area (Å²) in [7, 11) is 1.14. The van der Waals surface area contributed by atoms with E-state index in [1.807, 2.05) is 0 Å². The summed E-state index contributed by atoms with van der Waals surface area (Å²) in [5, 5.41) is 0. The van der Waals surface area contributed by atoms with Gasteiger partial charge in [0.2, 0.25) is 0 Å². The van der Waals surface area contributed by atoms with Crippen LogP contribution in [0.4, 0.5) is 0 Å². The van der Waals surface area contributed by atoms with E-state index in [0.717, 1.165) is 7.11 Å². The van der Waals surface area contributed by atoms with E-state index in [1.165, 1.54) is 0 Å². The summed E-state index contributed by atoms with van der Waals surface area (Å²) in [4.78, 5) is 0. The van der Waals surface area contributed by atoms with Gasteiger partial charge in [-0.2, -0.15) is 0 Å². The van der Waals surface area contributed by atoms with Gasteiger partial charge < -0.3 is 0 Å². The third-order valence-corrected chi connectivity index (χ3v) is 0.775. The second-order valence-corrected chi connectivity index (χ2v) is 2.11. The van der Waals surface area contributed by atoms with Gasteiger partial charge in [-0.05, 0) is 0 Å². The van der Waals surface area contributed by atoms with Crippen LogP contribution in [-0.4, -0.2) is 22.4 Å². The topological polar surface area (TPSA) is 49.4 Å². The van der Waals surface area contributed by atoms with Crippen molar-refractivity contribution in [1.82, 2.24) is 0 Å². The first-order chi connectivity index (χ1) is 2.27. The van der Waals surface area contributed by atoms with Crippen molar-refractivity contribution in [1.29, 1.82) is 0 Å². The Morgan fingerprint density at radius 3 is 2.00 bits per heavy atom. The summed E-state index contributed by atoms with van der Waals surface area (Å²) < 4.78 is 22.3. The minimum absolute atomic E-state index is 0. The second kappa shape index (κ2) is 6.28. The largest absolute Gasteiger partial charge is 1.00 e. The van der Waals surface area contributed by atoms with Crippen molar-refractivity contribution in [3.8, 4) is 0 Å². The van der Waals surface area contributed by atoms with E-state index in [1.54, 1.807) is 0 Å². The fourth-order valence-electron chi connectivity index (χ4n) is 0. The fourth-order valence-corrected chi connectivity index (χ4v) is 0. The Labute approximate surface area is 63.2 Å². The Balaban J connectivity index is 0. The van der Waals surface area contributed by atoms with E-state index in [-0.39, 0.29) is 29.6 Å². The molecule has 1 unspecified atom stereocenters. The smallest absolute Gasteiger partial charge is 1.00 e. The first-order valence-corrected chi connectivity index (χ1v) is 3.25. The average molecular weight is 161 g/mol. The van der Waals surface area contributed by atoms with Gasteiger partial charge in [-0.1, -0.05) is 0 Å². The summed E-state index contributed by atoms with van der Waals surface area (Å²) in [5.41, 5.74) is 0. The molecule has 0 heterocycles. The maximum Gasteiger partial charge on any atom is 1.00 e. The normalized spacial score (nSPS) is 9.33. The van der Waals surface area contributed by atoms with E-state index < -0.39 is 15.3 Å². The monoisotopic (exact) mass is 161 g/mol. The van der Waals surface area contributed by atoms with Gasteiger partial charge >= 0.3 is 63.5 Å². The van der Waals surface area contributed by atoms with E-state index >= 15 is 0 Å². The molecule has 31 valence electrons. The molecule has 0 spiro atoms. The standard InChI is InChI=1S/CH3AsO3.Na/c1-5-2(3)4;/h1H3;/q-1;+1. The van der Waals surface area contributed by atoms with Crippen LogP contribution in [0.2, 0.25) is 0 Å². The van der Waals surface area contributed by atoms with Crippen molar-refractivity contribution in [3.63, 3.8) is 0 Å². The van der Waals surface area contributed by atoms with E-state index in [2.05, 4.69) is 3.73 Å². The molecular weight excluding hydrogens is 158 g/mol. The van der Waals surface area contributed by atoms with Crippen LogP contribution in [0.1, 0.15) is 0 Å². The Kier molecular flexibility index (Phi) is 10.8. The van der Waals surface area contributed by atoms with E-state index in [9.17, 15) is 7.84 Å². The zero-order valence-electron chi connectivity index (χ0n) is 3.67. The average Bonchev–Trinajstić information content (AvgIpc) is 1.38. The molecular formula is CH3AsNaO3. The minimum Gasteiger partial charge on any atom is 1.00 e. The van der Waals surface area contributed by atoms with Gasteiger partial charge in [0.1, 0.15) is 0 Å². The molecule has 6 heavy (non-hydrogen) atoms. The molecule has 0 fully saturated rings. The van der Waals surface area contributed by atoms with Gasteiger partial charge in [-0.25, -0.2) is 0 Å². The molecule has 0 aliphatic carbocycles. The summed E-state index contributed by atoms with van der Waals surface area (Å²) in [6.45, 7) is 0. The molecule has 1 atom stereocenters. The quantitative estimate of drug-likeness (QED) is 0.363. The first kappa shape index (κ1) is 10.3. The summed E-state index contributed by atoms with van der Waals surface area (Å²) >= 11 is -3.20. The fraction of sp³-hybridized carbons (Fsp3) is 1.00. The van der Waals surface area contributed by atoms with Gasteiger partial charge in [0, 0.05) is 0 Å². The summed E-state index contributed by atoms with van der Waals surface area (Å²) in [6, 6.07) is 0.